The molecule has 0 amide bonds. The zero-order valence-corrected chi connectivity index (χ0v) is 9.48. The minimum atomic E-state index is -0.109. The number of carbonyl (C=O) groups is 1. The van der Waals surface area contributed by atoms with Gasteiger partial charge in [-0.3, -0.25) is 4.79 Å². The Balaban J connectivity index is 2.12. The molecular formula is C12H19ClO. The van der Waals surface area contributed by atoms with Crippen LogP contribution in [-0.2, 0) is 4.79 Å². The molecule has 2 fully saturated rings. The molecule has 2 aliphatic rings. The highest BCUT2D eigenvalue weighted by Crippen LogP contribution is 2.50. The third-order valence-electron chi connectivity index (χ3n) is 4.27. The molecule has 0 aliphatic heterocycles. The topological polar surface area (TPSA) is 17.1 Å². The lowest BCUT2D eigenvalue weighted by atomic mass is 9.68. The van der Waals surface area contributed by atoms with Crippen molar-refractivity contribution in [2.24, 2.45) is 11.3 Å². The van der Waals surface area contributed by atoms with Crippen LogP contribution in [-0.4, -0.2) is 5.24 Å². The van der Waals surface area contributed by atoms with E-state index in [9.17, 15) is 4.79 Å². The fourth-order valence-corrected chi connectivity index (χ4v) is 3.77. The van der Waals surface area contributed by atoms with Crippen molar-refractivity contribution in [1.82, 2.24) is 0 Å². The monoisotopic (exact) mass is 214 g/mol. The summed E-state index contributed by atoms with van der Waals surface area (Å²) < 4.78 is 0. The molecule has 2 saturated carbocycles. The van der Waals surface area contributed by atoms with Crippen molar-refractivity contribution in [3.63, 3.8) is 0 Å². The van der Waals surface area contributed by atoms with E-state index in [1.807, 2.05) is 0 Å². The summed E-state index contributed by atoms with van der Waals surface area (Å²) in [5.74, 6) is 0.601. The molecule has 14 heavy (non-hydrogen) atoms. The molecule has 0 unspecified atom stereocenters. The summed E-state index contributed by atoms with van der Waals surface area (Å²) in [5.41, 5.74) is -0.109. The Bertz CT molecular complexity index is 212. The molecule has 0 atom stereocenters. The molecule has 2 rings (SSSR count). The van der Waals surface area contributed by atoms with Gasteiger partial charge < -0.3 is 0 Å². The van der Waals surface area contributed by atoms with E-state index in [-0.39, 0.29) is 10.7 Å². The number of carbonyl (C=O) groups excluding carboxylic acids is 1. The molecule has 0 radical (unpaired) electrons. The number of halogens is 1. The van der Waals surface area contributed by atoms with E-state index in [1.165, 1.54) is 44.9 Å². The average molecular weight is 215 g/mol. The maximum atomic E-state index is 11.6. The van der Waals surface area contributed by atoms with Crippen molar-refractivity contribution in [3.8, 4) is 0 Å². The molecule has 0 spiro atoms. The Morgan fingerprint density at radius 1 is 1.00 bits per heavy atom. The Hall–Kier alpha value is -0.0400. The first-order valence-corrected chi connectivity index (χ1v) is 6.33. The first-order valence-electron chi connectivity index (χ1n) is 5.96. The van der Waals surface area contributed by atoms with Gasteiger partial charge in [0.1, 0.15) is 0 Å². The second-order valence-electron chi connectivity index (χ2n) is 4.97. The standard InChI is InChI=1S/C12H19ClO/c13-11(14)12(8-4-5-9-12)10-6-2-1-3-7-10/h10H,1-9H2. The van der Waals surface area contributed by atoms with E-state index in [4.69, 9.17) is 11.6 Å². The van der Waals surface area contributed by atoms with Crippen LogP contribution in [0.5, 0.6) is 0 Å². The minimum Gasteiger partial charge on any atom is -0.281 e. The van der Waals surface area contributed by atoms with Gasteiger partial charge in [0.2, 0.25) is 5.24 Å². The lowest BCUT2D eigenvalue weighted by molar-refractivity contribution is -0.124. The molecule has 2 heteroatoms. The number of hydrogen-bond acceptors (Lipinski definition) is 1. The van der Waals surface area contributed by atoms with Crippen LogP contribution in [0.2, 0.25) is 0 Å². The summed E-state index contributed by atoms with van der Waals surface area (Å²) in [5, 5.41) is -0.0399. The van der Waals surface area contributed by atoms with E-state index >= 15 is 0 Å². The van der Waals surface area contributed by atoms with Crippen molar-refractivity contribution >= 4 is 16.8 Å². The van der Waals surface area contributed by atoms with Crippen molar-refractivity contribution in [3.05, 3.63) is 0 Å². The molecule has 0 heterocycles. The predicted molar refractivity (Wildman–Crippen MR) is 58.3 cm³/mol. The van der Waals surface area contributed by atoms with Crippen LogP contribution >= 0.6 is 11.6 Å². The Morgan fingerprint density at radius 3 is 2.07 bits per heavy atom. The van der Waals surface area contributed by atoms with Gasteiger partial charge in [0.15, 0.2) is 0 Å². The summed E-state index contributed by atoms with van der Waals surface area (Å²) >= 11 is 5.84. The maximum absolute atomic E-state index is 11.6. The third kappa shape index (κ3) is 1.71. The summed E-state index contributed by atoms with van der Waals surface area (Å²) in [7, 11) is 0. The fraction of sp³-hybridized carbons (Fsp3) is 0.917. The van der Waals surface area contributed by atoms with Gasteiger partial charge in [0.05, 0.1) is 0 Å². The summed E-state index contributed by atoms with van der Waals surface area (Å²) in [6, 6.07) is 0. The quantitative estimate of drug-likeness (QED) is 0.638. The third-order valence-corrected chi connectivity index (χ3v) is 4.65. The van der Waals surface area contributed by atoms with Gasteiger partial charge in [-0.25, -0.2) is 0 Å². The summed E-state index contributed by atoms with van der Waals surface area (Å²) in [4.78, 5) is 11.6. The van der Waals surface area contributed by atoms with Crippen LogP contribution in [0.3, 0.4) is 0 Å². The van der Waals surface area contributed by atoms with Gasteiger partial charge in [-0.2, -0.15) is 0 Å². The molecule has 0 bridgehead atoms. The molecule has 0 N–H and O–H groups in total. The van der Waals surface area contributed by atoms with Crippen LogP contribution in [0, 0.1) is 11.3 Å². The average Bonchev–Trinajstić information content (AvgIpc) is 2.69. The SMILES string of the molecule is O=C(Cl)C1(C2CCCCC2)CCCC1. The van der Waals surface area contributed by atoms with Crippen LogP contribution < -0.4 is 0 Å². The van der Waals surface area contributed by atoms with Crippen molar-refractivity contribution in [2.45, 2.75) is 57.8 Å². The zero-order valence-electron chi connectivity index (χ0n) is 8.73. The number of rotatable bonds is 2. The molecule has 2 aliphatic carbocycles. The molecular weight excluding hydrogens is 196 g/mol. The van der Waals surface area contributed by atoms with Gasteiger partial charge >= 0.3 is 0 Å². The van der Waals surface area contributed by atoms with Crippen LogP contribution in [0.1, 0.15) is 57.8 Å². The van der Waals surface area contributed by atoms with Crippen molar-refractivity contribution < 1.29 is 4.79 Å². The van der Waals surface area contributed by atoms with Gasteiger partial charge in [-0.1, -0.05) is 32.1 Å². The van der Waals surface area contributed by atoms with Crippen molar-refractivity contribution in [2.75, 3.05) is 0 Å². The molecule has 1 nitrogen and oxygen atoms in total. The molecule has 0 aromatic rings. The predicted octanol–water partition coefficient (Wildman–Crippen LogP) is 3.89. The molecule has 0 aromatic heterocycles. The maximum Gasteiger partial charge on any atom is 0.228 e. The van der Waals surface area contributed by atoms with E-state index in [1.54, 1.807) is 0 Å². The van der Waals surface area contributed by atoms with Crippen LogP contribution in [0.25, 0.3) is 0 Å². The molecule has 0 aromatic carbocycles. The van der Waals surface area contributed by atoms with Gasteiger partial charge in [0.25, 0.3) is 0 Å². The lowest BCUT2D eigenvalue weighted by Crippen LogP contribution is -2.34. The largest absolute Gasteiger partial charge is 0.281 e. The lowest BCUT2D eigenvalue weighted by Gasteiger charge is -2.36. The smallest absolute Gasteiger partial charge is 0.228 e. The highest BCUT2D eigenvalue weighted by molar-refractivity contribution is 6.64. The normalized spacial score (nSPS) is 27.8. The van der Waals surface area contributed by atoms with Gasteiger partial charge in [-0.15, -0.1) is 0 Å². The van der Waals surface area contributed by atoms with Crippen LogP contribution in [0.15, 0.2) is 0 Å². The minimum absolute atomic E-state index is 0.0399. The first-order chi connectivity index (χ1) is 6.76. The van der Waals surface area contributed by atoms with Gasteiger partial charge in [0, 0.05) is 5.41 Å². The second kappa shape index (κ2) is 4.22. The first kappa shape index (κ1) is 10.5. The molecule has 0 saturated heterocycles. The summed E-state index contributed by atoms with van der Waals surface area (Å²) in [6.07, 6.45) is 10.9. The highest BCUT2D eigenvalue weighted by atomic mass is 35.5. The highest BCUT2D eigenvalue weighted by Gasteiger charge is 2.46. The Kier molecular flexibility index (Phi) is 3.16. The van der Waals surface area contributed by atoms with E-state index in [0.29, 0.717) is 5.92 Å². The van der Waals surface area contributed by atoms with Crippen LogP contribution in [0.4, 0.5) is 0 Å². The zero-order chi connectivity index (χ0) is 10.0. The fourth-order valence-electron chi connectivity index (χ4n) is 3.43. The van der Waals surface area contributed by atoms with Crippen molar-refractivity contribution in [1.29, 1.82) is 0 Å². The van der Waals surface area contributed by atoms with E-state index in [2.05, 4.69) is 0 Å². The van der Waals surface area contributed by atoms with E-state index < -0.39 is 0 Å². The Morgan fingerprint density at radius 2 is 1.57 bits per heavy atom. The summed E-state index contributed by atoms with van der Waals surface area (Å²) in [6.45, 7) is 0. The van der Waals surface area contributed by atoms with E-state index in [0.717, 1.165) is 12.8 Å². The number of hydrogen-bond donors (Lipinski definition) is 0. The second-order valence-corrected chi connectivity index (χ2v) is 5.32. The Labute approximate surface area is 91.2 Å². The van der Waals surface area contributed by atoms with Gasteiger partial charge in [-0.05, 0) is 43.2 Å². The molecule has 80 valence electrons.